The predicted molar refractivity (Wildman–Crippen MR) is 126 cm³/mol. The monoisotopic (exact) mass is 454 g/mol. The molecule has 0 atom stereocenters. The zero-order valence-electron chi connectivity index (χ0n) is 17.2. The number of aromatic nitrogens is 1. The molecule has 0 unspecified atom stereocenters. The number of pyridine rings is 1. The van der Waals surface area contributed by atoms with E-state index < -0.39 is 9.84 Å². The van der Waals surface area contributed by atoms with Crippen molar-refractivity contribution in [2.75, 3.05) is 18.1 Å². The van der Waals surface area contributed by atoms with E-state index in [1.54, 1.807) is 6.92 Å². The zero-order valence-corrected chi connectivity index (χ0v) is 18.8. The first-order chi connectivity index (χ1) is 14.9. The van der Waals surface area contributed by atoms with Gasteiger partial charge in [-0.25, -0.2) is 13.4 Å². The van der Waals surface area contributed by atoms with Crippen molar-refractivity contribution in [2.45, 2.75) is 19.8 Å². The first-order valence-corrected chi connectivity index (χ1v) is 12.4. The molecule has 0 bridgehead atoms. The molecule has 0 aliphatic heterocycles. The number of allylic oxidation sites excluding steroid dienone is 1. The van der Waals surface area contributed by atoms with Gasteiger partial charge in [0, 0.05) is 22.7 Å². The Morgan fingerprint density at radius 1 is 1.13 bits per heavy atom. The first kappa shape index (κ1) is 21.5. The average Bonchev–Trinajstić information content (AvgIpc) is 3.15. The van der Waals surface area contributed by atoms with Crippen molar-refractivity contribution in [3.63, 3.8) is 0 Å². The Labute approximate surface area is 187 Å². The van der Waals surface area contributed by atoms with Crippen molar-refractivity contribution in [1.29, 1.82) is 0 Å². The smallest absolute Gasteiger partial charge is 0.252 e. The minimum atomic E-state index is -3.14. The summed E-state index contributed by atoms with van der Waals surface area (Å²) in [6, 6.07) is 15.2. The van der Waals surface area contributed by atoms with Gasteiger partial charge in [0.1, 0.15) is 0 Å². The van der Waals surface area contributed by atoms with Gasteiger partial charge in [0.05, 0.1) is 22.5 Å². The quantitative estimate of drug-likeness (QED) is 0.593. The van der Waals surface area contributed by atoms with Crippen LogP contribution in [0.15, 0.2) is 48.5 Å². The molecule has 1 aliphatic rings. The molecule has 1 N–H and O–H groups in total. The molecule has 7 heteroatoms. The first-order valence-electron chi connectivity index (χ1n) is 10.2. The van der Waals surface area contributed by atoms with Gasteiger partial charge >= 0.3 is 0 Å². The van der Waals surface area contributed by atoms with Gasteiger partial charge in [-0.05, 0) is 53.8 Å². The van der Waals surface area contributed by atoms with Crippen molar-refractivity contribution < 1.29 is 13.2 Å². The van der Waals surface area contributed by atoms with Crippen LogP contribution in [0.2, 0.25) is 5.02 Å². The number of sulfone groups is 1. The van der Waals surface area contributed by atoms with Crippen LogP contribution >= 0.6 is 11.6 Å². The van der Waals surface area contributed by atoms with E-state index in [0.29, 0.717) is 17.0 Å². The number of rotatable bonds is 6. The van der Waals surface area contributed by atoms with Crippen molar-refractivity contribution >= 4 is 49.9 Å². The molecule has 2 aromatic carbocycles. The summed E-state index contributed by atoms with van der Waals surface area (Å²) < 4.78 is 23.6. The van der Waals surface area contributed by atoms with Gasteiger partial charge in [-0.1, -0.05) is 48.9 Å². The van der Waals surface area contributed by atoms with E-state index in [1.807, 2.05) is 48.5 Å². The van der Waals surface area contributed by atoms with Crippen LogP contribution in [0.25, 0.3) is 22.6 Å². The highest BCUT2D eigenvalue weighted by atomic mass is 35.5. The number of halogens is 1. The third kappa shape index (κ3) is 4.65. The summed E-state index contributed by atoms with van der Waals surface area (Å²) in [5, 5.41) is 4.27. The minimum Gasteiger partial charge on any atom is -0.351 e. The lowest BCUT2D eigenvalue weighted by atomic mass is 10.00. The Hall–Kier alpha value is -2.70. The van der Waals surface area contributed by atoms with Crippen molar-refractivity contribution in [3.05, 3.63) is 75.9 Å². The van der Waals surface area contributed by atoms with Gasteiger partial charge < -0.3 is 5.32 Å². The molecule has 0 saturated carbocycles. The Morgan fingerprint density at radius 3 is 2.61 bits per heavy atom. The highest BCUT2D eigenvalue weighted by Gasteiger charge is 2.26. The highest BCUT2D eigenvalue weighted by molar-refractivity contribution is 7.91. The Kier molecular flexibility index (Phi) is 6.12. The van der Waals surface area contributed by atoms with E-state index in [9.17, 15) is 13.2 Å². The zero-order chi connectivity index (χ0) is 22.0. The predicted octanol–water partition coefficient (Wildman–Crippen LogP) is 4.54. The Bertz CT molecular complexity index is 1280. The second-order valence-corrected chi connectivity index (χ2v) is 10.5. The SMILES string of the molecule is CCS(=O)(=O)CCNC(=O)c1c2c(nc3ccccc13)/C(=C/c1ccc(Cl)cc1)CC2. The van der Waals surface area contributed by atoms with Crippen LogP contribution in [0, 0.1) is 0 Å². The molecule has 0 radical (unpaired) electrons. The van der Waals surface area contributed by atoms with E-state index in [4.69, 9.17) is 16.6 Å². The molecule has 5 nitrogen and oxygen atoms in total. The number of carbonyl (C=O) groups excluding carboxylic acids is 1. The Morgan fingerprint density at radius 2 is 1.87 bits per heavy atom. The number of nitrogens with zero attached hydrogens (tertiary/aromatic N) is 1. The van der Waals surface area contributed by atoms with Crippen LogP contribution in [-0.2, 0) is 16.3 Å². The molecular formula is C24H23ClN2O3S. The third-order valence-corrected chi connectivity index (χ3v) is 7.48. The summed E-state index contributed by atoms with van der Waals surface area (Å²) in [7, 11) is -3.14. The van der Waals surface area contributed by atoms with Gasteiger partial charge in [0.25, 0.3) is 5.91 Å². The minimum absolute atomic E-state index is 0.0648. The van der Waals surface area contributed by atoms with E-state index >= 15 is 0 Å². The fraction of sp³-hybridized carbons (Fsp3) is 0.250. The summed E-state index contributed by atoms with van der Waals surface area (Å²) in [6.07, 6.45) is 3.58. The number of fused-ring (bicyclic) bond motifs is 2. The van der Waals surface area contributed by atoms with Gasteiger partial charge in [0.2, 0.25) is 0 Å². The van der Waals surface area contributed by atoms with Gasteiger partial charge in [0.15, 0.2) is 9.84 Å². The summed E-state index contributed by atoms with van der Waals surface area (Å²) in [6.45, 7) is 1.70. The molecule has 4 rings (SSSR count). The Balaban J connectivity index is 1.73. The lowest BCUT2D eigenvalue weighted by Gasteiger charge is -2.13. The lowest BCUT2D eigenvalue weighted by Crippen LogP contribution is -2.30. The van der Waals surface area contributed by atoms with Crippen molar-refractivity contribution in [2.24, 2.45) is 0 Å². The van der Waals surface area contributed by atoms with Crippen LogP contribution in [-0.4, -0.2) is 37.4 Å². The summed E-state index contributed by atoms with van der Waals surface area (Å²) in [5.74, 6) is -0.258. The maximum absolute atomic E-state index is 13.1. The van der Waals surface area contributed by atoms with E-state index in [1.165, 1.54) is 0 Å². The fourth-order valence-corrected chi connectivity index (χ4v) is 4.68. The summed E-state index contributed by atoms with van der Waals surface area (Å²) in [4.78, 5) is 18.0. The van der Waals surface area contributed by atoms with Crippen LogP contribution < -0.4 is 5.32 Å². The molecule has 0 saturated heterocycles. The molecule has 1 amide bonds. The van der Waals surface area contributed by atoms with Crippen LogP contribution in [0.4, 0.5) is 0 Å². The largest absolute Gasteiger partial charge is 0.351 e. The maximum Gasteiger partial charge on any atom is 0.252 e. The second kappa shape index (κ2) is 8.81. The molecular weight excluding hydrogens is 432 g/mol. The number of benzene rings is 2. The molecule has 1 aromatic heterocycles. The summed E-state index contributed by atoms with van der Waals surface area (Å²) >= 11 is 5.99. The molecule has 3 aromatic rings. The van der Waals surface area contributed by atoms with E-state index in [-0.39, 0.29) is 24.0 Å². The number of hydrogen-bond donors (Lipinski definition) is 1. The summed E-state index contributed by atoms with van der Waals surface area (Å²) in [5.41, 5.74) is 5.18. The molecule has 31 heavy (non-hydrogen) atoms. The van der Waals surface area contributed by atoms with Crippen LogP contribution in [0.1, 0.15) is 40.5 Å². The standard InChI is InChI=1S/C24H23ClN2O3S/c1-2-31(29,30)14-13-26-24(28)22-19-5-3-4-6-21(19)27-23-17(9-12-20(22)23)15-16-7-10-18(25)11-8-16/h3-8,10-11,15H,2,9,12-14H2,1H3,(H,26,28)/b17-15+. The van der Waals surface area contributed by atoms with Crippen LogP contribution in [0.3, 0.4) is 0 Å². The number of hydrogen-bond acceptors (Lipinski definition) is 4. The molecule has 0 spiro atoms. The van der Waals surface area contributed by atoms with Crippen LogP contribution in [0.5, 0.6) is 0 Å². The normalized spacial score (nSPS) is 14.7. The van der Waals surface area contributed by atoms with Crippen molar-refractivity contribution in [3.8, 4) is 0 Å². The molecule has 0 fully saturated rings. The van der Waals surface area contributed by atoms with E-state index in [0.717, 1.165) is 39.7 Å². The van der Waals surface area contributed by atoms with Gasteiger partial charge in [-0.15, -0.1) is 0 Å². The number of amides is 1. The number of carbonyl (C=O) groups is 1. The van der Waals surface area contributed by atoms with Crippen molar-refractivity contribution in [1.82, 2.24) is 10.3 Å². The molecule has 1 aliphatic carbocycles. The average molecular weight is 455 g/mol. The fourth-order valence-electron chi connectivity index (χ4n) is 3.85. The number of para-hydroxylation sites is 1. The topological polar surface area (TPSA) is 76.1 Å². The van der Waals surface area contributed by atoms with Gasteiger partial charge in [-0.2, -0.15) is 0 Å². The lowest BCUT2D eigenvalue weighted by molar-refractivity contribution is 0.0957. The number of nitrogens with one attached hydrogen (secondary N) is 1. The van der Waals surface area contributed by atoms with E-state index in [2.05, 4.69) is 11.4 Å². The molecule has 160 valence electrons. The second-order valence-electron chi connectivity index (χ2n) is 7.54. The maximum atomic E-state index is 13.1. The third-order valence-electron chi connectivity index (χ3n) is 5.52. The van der Waals surface area contributed by atoms with Gasteiger partial charge in [-0.3, -0.25) is 4.79 Å². The highest BCUT2D eigenvalue weighted by Crippen LogP contribution is 2.37. The molecule has 1 heterocycles.